The Balaban J connectivity index is 1.85. The maximum absolute atomic E-state index is 3.77. The molecule has 1 aliphatic heterocycles. The molecule has 1 aliphatic rings. The molecule has 0 amide bonds. The van der Waals surface area contributed by atoms with Crippen molar-refractivity contribution in [3.8, 4) is 0 Å². The first kappa shape index (κ1) is 30.7. The summed E-state index contributed by atoms with van der Waals surface area (Å²) in [4.78, 5) is 0. The number of hydrogen-bond donors (Lipinski definition) is 1. The monoisotopic (exact) mass is 548 g/mol. The Kier molecular flexibility index (Phi) is 8.13. The van der Waals surface area contributed by atoms with Gasteiger partial charge in [0.25, 0.3) is 0 Å². The maximum Gasteiger partial charge on any atom is 0.0961 e. The summed E-state index contributed by atoms with van der Waals surface area (Å²) in [5.74, 6) is 0. The quantitative estimate of drug-likeness (QED) is 0.349. The number of para-hydroxylation sites is 1. The van der Waals surface area contributed by atoms with Crippen LogP contribution >= 0.6 is 0 Å². The third-order valence-corrected chi connectivity index (χ3v) is 8.11. The normalized spacial score (nSPS) is 16.7. The molecule has 2 heteroatoms. The van der Waals surface area contributed by atoms with Gasteiger partial charge in [-0.25, -0.2) is 0 Å². The first-order valence-electron chi connectivity index (χ1n) is 15.2. The van der Waals surface area contributed by atoms with E-state index in [2.05, 4.69) is 178 Å². The van der Waals surface area contributed by atoms with E-state index in [1.165, 1.54) is 33.4 Å². The van der Waals surface area contributed by atoms with E-state index in [4.69, 9.17) is 0 Å². The maximum atomic E-state index is 3.77. The molecule has 0 saturated carbocycles. The smallest absolute Gasteiger partial charge is 0.0961 e. The summed E-state index contributed by atoms with van der Waals surface area (Å²) in [5.41, 5.74) is 14.4. The second-order valence-corrected chi connectivity index (χ2v) is 15.8. The van der Waals surface area contributed by atoms with Crippen molar-refractivity contribution in [3.05, 3.63) is 118 Å². The van der Waals surface area contributed by atoms with Crippen LogP contribution in [0.15, 0.2) is 84.6 Å². The van der Waals surface area contributed by atoms with E-state index in [1.54, 1.807) is 0 Å². The Bertz CT molecular complexity index is 1430. The predicted molar refractivity (Wildman–Crippen MR) is 180 cm³/mol. The van der Waals surface area contributed by atoms with Crippen molar-refractivity contribution in [1.29, 1.82) is 0 Å². The standard InChI is InChI=1S/C39H52N2/c1-36(2,3)28-19-22-33(38(7,8)9)27(24-28)18-21-30-26-35(41(40-30)31-16-14-13-15-17-31)32-25-29(37(4,5)6)20-23-34(32)39(10,11)12/h13-26,35,40H,1-12H3. The fraction of sp³-hybridized carbons (Fsp3) is 0.436. The van der Waals surface area contributed by atoms with E-state index in [1.807, 2.05) is 0 Å². The van der Waals surface area contributed by atoms with Crippen LogP contribution in [-0.4, -0.2) is 0 Å². The molecular formula is C39H52N2. The molecule has 1 unspecified atom stereocenters. The number of nitrogens with one attached hydrogen (secondary N) is 1. The molecule has 0 fully saturated rings. The molecule has 1 N–H and O–H groups in total. The number of anilines is 1. The summed E-state index contributed by atoms with van der Waals surface area (Å²) in [6.45, 7) is 27.6. The van der Waals surface area contributed by atoms with Gasteiger partial charge >= 0.3 is 0 Å². The van der Waals surface area contributed by atoms with Gasteiger partial charge in [-0.1, -0.05) is 144 Å². The van der Waals surface area contributed by atoms with Crippen molar-refractivity contribution >= 4 is 11.8 Å². The van der Waals surface area contributed by atoms with Gasteiger partial charge in [0.05, 0.1) is 17.4 Å². The van der Waals surface area contributed by atoms with Gasteiger partial charge in [0.15, 0.2) is 0 Å². The second-order valence-electron chi connectivity index (χ2n) is 15.8. The van der Waals surface area contributed by atoms with Crippen LogP contribution in [-0.2, 0) is 21.7 Å². The molecular weight excluding hydrogens is 496 g/mol. The van der Waals surface area contributed by atoms with Gasteiger partial charge in [0.1, 0.15) is 0 Å². The highest BCUT2D eigenvalue weighted by Gasteiger charge is 2.32. The summed E-state index contributed by atoms with van der Waals surface area (Å²) in [6.07, 6.45) is 6.96. The van der Waals surface area contributed by atoms with Gasteiger partial charge in [0, 0.05) is 0 Å². The topological polar surface area (TPSA) is 15.3 Å². The van der Waals surface area contributed by atoms with Crippen LogP contribution in [0, 0.1) is 0 Å². The molecule has 0 saturated heterocycles. The van der Waals surface area contributed by atoms with E-state index in [-0.39, 0.29) is 27.7 Å². The second kappa shape index (κ2) is 10.9. The number of benzene rings is 3. The van der Waals surface area contributed by atoms with Gasteiger partial charge in [-0.05, 0) is 79.3 Å². The van der Waals surface area contributed by atoms with Crippen LogP contribution in [0.3, 0.4) is 0 Å². The van der Waals surface area contributed by atoms with Gasteiger partial charge < -0.3 is 0 Å². The van der Waals surface area contributed by atoms with Crippen molar-refractivity contribution in [2.45, 2.75) is 111 Å². The number of hydrazine groups is 1. The third-order valence-electron chi connectivity index (χ3n) is 8.11. The van der Waals surface area contributed by atoms with Gasteiger partial charge in [-0.3, -0.25) is 10.4 Å². The molecule has 4 rings (SSSR count). The molecule has 3 aromatic carbocycles. The SMILES string of the molecule is CC(C)(C)c1ccc(C(C)(C)C)c(C=CC2=CC(c3cc(C(C)(C)C)ccc3C(C)(C)C)N(c3ccccc3)N2)c1. The lowest BCUT2D eigenvalue weighted by Gasteiger charge is -2.33. The number of nitrogens with zero attached hydrogens (tertiary/aromatic N) is 1. The third kappa shape index (κ3) is 6.97. The molecule has 0 aliphatic carbocycles. The minimum absolute atomic E-state index is 0.0234. The van der Waals surface area contributed by atoms with Crippen LogP contribution in [0.4, 0.5) is 5.69 Å². The lowest BCUT2D eigenvalue weighted by Crippen LogP contribution is -2.35. The fourth-order valence-electron chi connectivity index (χ4n) is 5.61. The molecule has 41 heavy (non-hydrogen) atoms. The van der Waals surface area contributed by atoms with Crippen molar-refractivity contribution in [3.63, 3.8) is 0 Å². The van der Waals surface area contributed by atoms with Gasteiger partial charge in [-0.2, -0.15) is 0 Å². The van der Waals surface area contributed by atoms with Crippen molar-refractivity contribution in [1.82, 2.24) is 5.43 Å². The minimum atomic E-state index is 0.0234. The predicted octanol–water partition coefficient (Wildman–Crippen LogP) is 10.5. The molecule has 1 atom stereocenters. The van der Waals surface area contributed by atoms with Crippen LogP contribution in [0.2, 0.25) is 0 Å². The Hall–Kier alpha value is -3.26. The van der Waals surface area contributed by atoms with Crippen LogP contribution in [0.1, 0.15) is 123 Å². The number of allylic oxidation sites excluding steroid dienone is 1. The zero-order chi connectivity index (χ0) is 30.4. The summed E-state index contributed by atoms with van der Waals surface area (Å²) in [6, 6.07) is 24.9. The zero-order valence-electron chi connectivity index (χ0n) is 27.6. The first-order chi connectivity index (χ1) is 18.9. The van der Waals surface area contributed by atoms with E-state index in [9.17, 15) is 0 Å². The Morgan fingerprint density at radius 1 is 0.585 bits per heavy atom. The van der Waals surface area contributed by atoms with Gasteiger partial charge in [-0.15, -0.1) is 0 Å². The van der Waals surface area contributed by atoms with Crippen LogP contribution in [0.5, 0.6) is 0 Å². The van der Waals surface area contributed by atoms with E-state index >= 15 is 0 Å². The summed E-state index contributed by atoms with van der Waals surface area (Å²) >= 11 is 0. The average Bonchev–Trinajstić information content (AvgIpc) is 3.29. The largest absolute Gasteiger partial charge is 0.298 e. The summed E-state index contributed by atoms with van der Waals surface area (Å²) in [5, 5.41) is 2.33. The van der Waals surface area contributed by atoms with Crippen molar-refractivity contribution in [2.75, 3.05) is 5.01 Å². The molecule has 1 heterocycles. The molecule has 218 valence electrons. The highest BCUT2D eigenvalue weighted by atomic mass is 15.5. The lowest BCUT2D eigenvalue weighted by molar-refractivity contribution is 0.562. The Labute approximate surface area is 250 Å². The summed E-state index contributed by atoms with van der Waals surface area (Å²) < 4.78 is 0. The minimum Gasteiger partial charge on any atom is -0.298 e. The molecule has 2 nitrogen and oxygen atoms in total. The lowest BCUT2D eigenvalue weighted by atomic mass is 9.77. The molecule has 0 aromatic heterocycles. The number of hydrogen-bond acceptors (Lipinski definition) is 2. The number of rotatable bonds is 4. The van der Waals surface area contributed by atoms with E-state index < -0.39 is 0 Å². The van der Waals surface area contributed by atoms with Crippen LogP contribution < -0.4 is 10.4 Å². The van der Waals surface area contributed by atoms with Gasteiger partial charge in [0.2, 0.25) is 0 Å². The first-order valence-corrected chi connectivity index (χ1v) is 15.2. The van der Waals surface area contributed by atoms with E-state index in [0.717, 1.165) is 11.4 Å². The molecule has 0 radical (unpaired) electrons. The Morgan fingerprint density at radius 3 is 1.66 bits per heavy atom. The summed E-state index contributed by atoms with van der Waals surface area (Å²) in [7, 11) is 0. The van der Waals surface area contributed by atoms with Crippen molar-refractivity contribution < 1.29 is 0 Å². The Morgan fingerprint density at radius 2 is 1.12 bits per heavy atom. The van der Waals surface area contributed by atoms with Crippen molar-refractivity contribution in [2.24, 2.45) is 0 Å². The molecule has 3 aromatic rings. The molecule has 0 bridgehead atoms. The fourth-order valence-corrected chi connectivity index (χ4v) is 5.61. The highest BCUT2D eigenvalue weighted by Crippen LogP contribution is 2.40. The zero-order valence-corrected chi connectivity index (χ0v) is 27.6. The molecule has 0 spiro atoms. The highest BCUT2D eigenvalue weighted by molar-refractivity contribution is 5.62. The average molecular weight is 549 g/mol. The van der Waals surface area contributed by atoms with E-state index in [0.29, 0.717) is 0 Å². The van der Waals surface area contributed by atoms with Crippen LogP contribution in [0.25, 0.3) is 6.08 Å².